The third-order valence-electron chi connectivity index (χ3n) is 4.20. The molecule has 2 aromatic rings. The molecule has 1 aromatic heterocycles. The average molecular weight is 365 g/mol. The van der Waals surface area contributed by atoms with Gasteiger partial charge in [-0.05, 0) is 31.0 Å². The summed E-state index contributed by atoms with van der Waals surface area (Å²) in [6.07, 6.45) is 1.72. The lowest BCUT2D eigenvalue weighted by atomic mass is 9.97. The Morgan fingerprint density at radius 2 is 2.16 bits per heavy atom. The van der Waals surface area contributed by atoms with E-state index in [9.17, 15) is 9.59 Å². The summed E-state index contributed by atoms with van der Waals surface area (Å²) in [5.41, 5.74) is 1.39. The van der Waals surface area contributed by atoms with Crippen LogP contribution < -0.4 is 15.5 Å². The minimum absolute atomic E-state index is 0.00536. The first kappa shape index (κ1) is 17.5. The maximum Gasteiger partial charge on any atom is 0.298 e. The first-order valence-electron chi connectivity index (χ1n) is 8.36. The number of amides is 2. The van der Waals surface area contributed by atoms with Gasteiger partial charge in [-0.25, -0.2) is 0 Å². The number of nitrogens with zero attached hydrogens (tertiary/aromatic N) is 2. The Hall–Kier alpha value is -2.28. The van der Waals surface area contributed by atoms with E-state index in [4.69, 9.17) is 16.0 Å². The topological polar surface area (TPSA) is 87.5 Å². The van der Waals surface area contributed by atoms with Gasteiger partial charge in [0, 0.05) is 38.1 Å². The highest BCUT2D eigenvalue weighted by Crippen LogP contribution is 2.27. The van der Waals surface area contributed by atoms with Crippen molar-refractivity contribution in [1.82, 2.24) is 15.6 Å². The Labute approximate surface area is 150 Å². The summed E-state index contributed by atoms with van der Waals surface area (Å²) in [5, 5.41) is 6.14. The van der Waals surface area contributed by atoms with Crippen LogP contribution >= 0.6 is 11.6 Å². The van der Waals surface area contributed by atoms with Crippen molar-refractivity contribution >= 4 is 40.5 Å². The Bertz CT molecular complexity index is 776. The molecule has 0 spiro atoms. The number of carbonyl (C=O) groups is 2. The smallest absolute Gasteiger partial charge is 0.298 e. The monoisotopic (exact) mass is 364 g/mol. The Morgan fingerprint density at radius 3 is 2.96 bits per heavy atom. The fraction of sp³-hybridized carbons (Fsp3) is 0.471. The summed E-state index contributed by atoms with van der Waals surface area (Å²) in [5.74, 6) is -0.229. The van der Waals surface area contributed by atoms with Crippen LogP contribution in [0.4, 0.5) is 6.01 Å². The second-order valence-corrected chi connectivity index (χ2v) is 6.60. The van der Waals surface area contributed by atoms with E-state index in [0.717, 1.165) is 19.4 Å². The molecule has 0 bridgehead atoms. The van der Waals surface area contributed by atoms with Crippen LogP contribution in [-0.2, 0) is 9.59 Å². The van der Waals surface area contributed by atoms with Crippen molar-refractivity contribution in [3.8, 4) is 0 Å². The van der Waals surface area contributed by atoms with Gasteiger partial charge < -0.3 is 20.0 Å². The number of halogens is 1. The molecule has 134 valence electrons. The number of hydrogen-bond acceptors (Lipinski definition) is 5. The highest BCUT2D eigenvalue weighted by atomic mass is 35.5. The van der Waals surface area contributed by atoms with Crippen molar-refractivity contribution in [2.75, 3.05) is 31.1 Å². The molecule has 1 saturated heterocycles. The fourth-order valence-electron chi connectivity index (χ4n) is 2.96. The Balaban J connectivity index is 1.60. The number of nitrogens with one attached hydrogen (secondary N) is 2. The van der Waals surface area contributed by atoms with Crippen LogP contribution in [0, 0.1) is 5.92 Å². The zero-order valence-corrected chi connectivity index (χ0v) is 14.8. The Kier molecular flexibility index (Phi) is 5.43. The third kappa shape index (κ3) is 4.42. The van der Waals surface area contributed by atoms with E-state index < -0.39 is 0 Å². The number of benzene rings is 1. The average Bonchev–Trinajstić information content (AvgIpc) is 3.01. The van der Waals surface area contributed by atoms with Crippen LogP contribution in [0.15, 0.2) is 22.6 Å². The summed E-state index contributed by atoms with van der Waals surface area (Å²) >= 11 is 5.98. The van der Waals surface area contributed by atoms with E-state index in [-0.39, 0.29) is 17.7 Å². The maximum atomic E-state index is 12.3. The minimum atomic E-state index is -0.121. The normalized spacial score (nSPS) is 17.5. The molecule has 2 heterocycles. The zero-order chi connectivity index (χ0) is 17.8. The summed E-state index contributed by atoms with van der Waals surface area (Å²) < 4.78 is 5.79. The zero-order valence-electron chi connectivity index (χ0n) is 14.0. The van der Waals surface area contributed by atoms with Crippen molar-refractivity contribution in [2.45, 2.75) is 19.8 Å². The molecular weight excluding hydrogens is 344 g/mol. The predicted molar refractivity (Wildman–Crippen MR) is 95.6 cm³/mol. The molecule has 1 unspecified atom stereocenters. The van der Waals surface area contributed by atoms with Gasteiger partial charge in [-0.1, -0.05) is 11.6 Å². The SMILES string of the molecule is CC(=O)NCCNC(=O)C1CCCN(c2nc3cc(Cl)ccc3o2)C1. The van der Waals surface area contributed by atoms with Gasteiger partial charge in [0.05, 0.1) is 5.92 Å². The van der Waals surface area contributed by atoms with Crippen molar-refractivity contribution in [2.24, 2.45) is 5.92 Å². The van der Waals surface area contributed by atoms with Crippen LogP contribution in [0.1, 0.15) is 19.8 Å². The first-order chi connectivity index (χ1) is 12.0. The third-order valence-corrected chi connectivity index (χ3v) is 4.43. The standard InChI is InChI=1S/C17H21ClN4O3/c1-11(23)19-6-7-20-16(24)12-3-2-8-22(10-12)17-21-14-9-13(18)4-5-15(14)25-17/h4-5,9,12H,2-3,6-8,10H2,1H3,(H,19,23)(H,20,24). The molecule has 1 aliphatic heterocycles. The van der Waals surface area contributed by atoms with Crippen LogP contribution in [0.2, 0.25) is 5.02 Å². The molecule has 1 fully saturated rings. The van der Waals surface area contributed by atoms with Gasteiger partial charge in [0.25, 0.3) is 6.01 Å². The summed E-state index contributed by atoms with van der Waals surface area (Å²) in [4.78, 5) is 29.6. The van der Waals surface area contributed by atoms with E-state index in [1.54, 1.807) is 18.2 Å². The lowest BCUT2D eigenvalue weighted by Crippen LogP contribution is -2.44. The van der Waals surface area contributed by atoms with E-state index in [1.165, 1.54) is 6.92 Å². The summed E-state index contributed by atoms with van der Waals surface area (Å²) in [6.45, 7) is 3.68. The second kappa shape index (κ2) is 7.74. The predicted octanol–water partition coefficient (Wildman–Crippen LogP) is 1.95. The maximum absolute atomic E-state index is 12.3. The number of aromatic nitrogens is 1. The number of anilines is 1. The number of fused-ring (bicyclic) bond motifs is 1. The molecule has 0 saturated carbocycles. The quantitative estimate of drug-likeness (QED) is 0.792. The number of hydrogen-bond donors (Lipinski definition) is 2. The van der Waals surface area contributed by atoms with E-state index in [2.05, 4.69) is 15.6 Å². The number of piperidine rings is 1. The van der Waals surface area contributed by atoms with E-state index >= 15 is 0 Å². The van der Waals surface area contributed by atoms with Crippen molar-refractivity contribution in [3.63, 3.8) is 0 Å². The molecule has 2 N–H and O–H groups in total. The largest absolute Gasteiger partial charge is 0.423 e. The number of oxazole rings is 1. The molecule has 0 aliphatic carbocycles. The lowest BCUT2D eigenvalue weighted by Gasteiger charge is -2.30. The Morgan fingerprint density at radius 1 is 1.36 bits per heavy atom. The molecule has 8 heteroatoms. The summed E-state index contributed by atoms with van der Waals surface area (Å²) in [7, 11) is 0. The van der Waals surface area contributed by atoms with E-state index in [1.807, 2.05) is 4.90 Å². The van der Waals surface area contributed by atoms with Crippen molar-refractivity contribution in [3.05, 3.63) is 23.2 Å². The van der Waals surface area contributed by atoms with Gasteiger partial charge in [-0.2, -0.15) is 4.98 Å². The number of rotatable bonds is 5. The van der Waals surface area contributed by atoms with Gasteiger partial charge in [0.15, 0.2) is 5.58 Å². The van der Waals surface area contributed by atoms with Gasteiger partial charge in [0.1, 0.15) is 5.52 Å². The van der Waals surface area contributed by atoms with Crippen molar-refractivity contribution in [1.29, 1.82) is 0 Å². The summed E-state index contributed by atoms with van der Waals surface area (Å²) in [6, 6.07) is 5.85. The number of carbonyl (C=O) groups excluding carboxylic acids is 2. The van der Waals surface area contributed by atoms with Crippen LogP contribution in [0.5, 0.6) is 0 Å². The molecule has 1 atom stereocenters. The molecular formula is C17H21ClN4O3. The van der Waals surface area contributed by atoms with Crippen LogP contribution in [0.3, 0.4) is 0 Å². The molecule has 7 nitrogen and oxygen atoms in total. The first-order valence-corrected chi connectivity index (χ1v) is 8.74. The molecule has 2 amide bonds. The van der Waals surface area contributed by atoms with Gasteiger partial charge in [-0.15, -0.1) is 0 Å². The van der Waals surface area contributed by atoms with Gasteiger partial charge in [-0.3, -0.25) is 9.59 Å². The lowest BCUT2D eigenvalue weighted by molar-refractivity contribution is -0.125. The molecule has 1 aliphatic rings. The molecule has 1 aromatic carbocycles. The highest BCUT2D eigenvalue weighted by molar-refractivity contribution is 6.31. The van der Waals surface area contributed by atoms with Gasteiger partial charge >= 0.3 is 0 Å². The van der Waals surface area contributed by atoms with Crippen LogP contribution in [-0.4, -0.2) is 43.0 Å². The molecule has 0 radical (unpaired) electrons. The molecule has 25 heavy (non-hydrogen) atoms. The van der Waals surface area contributed by atoms with Crippen molar-refractivity contribution < 1.29 is 14.0 Å². The fourth-order valence-corrected chi connectivity index (χ4v) is 3.12. The van der Waals surface area contributed by atoms with Crippen LogP contribution in [0.25, 0.3) is 11.1 Å². The molecule has 3 rings (SSSR count). The van der Waals surface area contributed by atoms with E-state index in [0.29, 0.717) is 41.8 Å². The minimum Gasteiger partial charge on any atom is -0.423 e. The van der Waals surface area contributed by atoms with Gasteiger partial charge in [0.2, 0.25) is 11.8 Å². The second-order valence-electron chi connectivity index (χ2n) is 6.17. The highest BCUT2D eigenvalue weighted by Gasteiger charge is 2.28.